The van der Waals surface area contributed by atoms with Gasteiger partial charge in [-0.15, -0.1) is 0 Å². The lowest BCUT2D eigenvalue weighted by molar-refractivity contribution is -0.119. The summed E-state index contributed by atoms with van der Waals surface area (Å²) in [5.74, 6) is 0.284. The molecule has 0 saturated carbocycles. The van der Waals surface area contributed by atoms with Gasteiger partial charge in [-0.1, -0.05) is 48.0 Å². The minimum Gasteiger partial charge on any atom is -0.301 e. The van der Waals surface area contributed by atoms with Gasteiger partial charge in [0.15, 0.2) is 5.78 Å². The van der Waals surface area contributed by atoms with Gasteiger partial charge in [0, 0.05) is 6.42 Å². The molecule has 0 spiro atoms. The molecule has 5 rings (SSSR count). The average Bonchev–Trinajstić information content (AvgIpc) is 3.42. The molecule has 0 radical (unpaired) electrons. The number of likely N-dealkylation sites (tertiary alicyclic amines) is 1. The van der Waals surface area contributed by atoms with Crippen LogP contribution in [0.4, 0.5) is 5.69 Å². The first-order chi connectivity index (χ1) is 15.6. The van der Waals surface area contributed by atoms with E-state index in [2.05, 4.69) is 28.7 Å². The van der Waals surface area contributed by atoms with Crippen LogP contribution in [0, 0.1) is 0 Å². The Bertz CT molecular complexity index is 1240. The Morgan fingerprint density at radius 1 is 1.00 bits per heavy atom. The SMILES string of the molecule is CC1=C(CC(=O)CN2CCCC2)c2cccc(NS(=O)c3ccc4ccccc4c3)c2C1. The van der Waals surface area contributed by atoms with Crippen molar-refractivity contribution >= 4 is 38.8 Å². The molecule has 1 unspecified atom stereocenters. The predicted octanol–water partition coefficient (Wildman–Crippen LogP) is 5.36. The summed E-state index contributed by atoms with van der Waals surface area (Å²) in [6.45, 7) is 4.74. The molecule has 2 aliphatic rings. The van der Waals surface area contributed by atoms with Crippen LogP contribution in [0.15, 0.2) is 71.1 Å². The van der Waals surface area contributed by atoms with Gasteiger partial charge in [-0.25, -0.2) is 4.21 Å². The second-order valence-electron chi connectivity index (χ2n) is 8.85. The molecule has 0 bridgehead atoms. The molecule has 3 aromatic carbocycles. The quantitative estimate of drug-likeness (QED) is 0.534. The Balaban J connectivity index is 1.34. The van der Waals surface area contributed by atoms with Crippen LogP contribution in [0.1, 0.15) is 37.3 Å². The van der Waals surface area contributed by atoms with E-state index in [0.717, 1.165) is 57.6 Å². The summed E-state index contributed by atoms with van der Waals surface area (Å²) in [6.07, 6.45) is 3.66. The number of hydrogen-bond acceptors (Lipinski definition) is 3. The van der Waals surface area contributed by atoms with Gasteiger partial charge in [-0.3, -0.25) is 9.69 Å². The first-order valence-electron chi connectivity index (χ1n) is 11.3. The number of nitrogens with zero attached hydrogens (tertiary/aromatic N) is 1. The molecule has 4 nitrogen and oxygen atoms in total. The Kier molecular flexibility index (Phi) is 5.94. The Morgan fingerprint density at radius 3 is 2.59 bits per heavy atom. The summed E-state index contributed by atoms with van der Waals surface area (Å²) in [6, 6.07) is 20.1. The maximum atomic E-state index is 13.1. The normalized spacial score (nSPS) is 17.0. The third kappa shape index (κ3) is 4.27. The number of benzene rings is 3. The molecule has 1 N–H and O–H groups in total. The van der Waals surface area contributed by atoms with E-state index in [1.165, 1.54) is 18.4 Å². The molecule has 1 aliphatic carbocycles. The lowest BCUT2D eigenvalue weighted by Crippen LogP contribution is -2.26. The van der Waals surface area contributed by atoms with Gasteiger partial charge >= 0.3 is 0 Å². The highest BCUT2D eigenvalue weighted by molar-refractivity contribution is 7.86. The number of Topliss-reactive ketones (excluding diaryl/α,β-unsaturated/α-hetero) is 1. The van der Waals surface area contributed by atoms with Crippen molar-refractivity contribution in [3.63, 3.8) is 0 Å². The minimum absolute atomic E-state index is 0.284. The van der Waals surface area contributed by atoms with E-state index in [-0.39, 0.29) is 5.78 Å². The second-order valence-corrected chi connectivity index (χ2v) is 10.1. The van der Waals surface area contributed by atoms with Gasteiger partial charge < -0.3 is 4.72 Å². The van der Waals surface area contributed by atoms with Crippen LogP contribution in [-0.4, -0.2) is 34.5 Å². The van der Waals surface area contributed by atoms with Crippen LogP contribution in [0.3, 0.4) is 0 Å². The van der Waals surface area contributed by atoms with E-state index in [1.807, 2.05) is 48.5 Å². The maximum Gasteiger partial charge on any atom is 0.151 e. The van der Waals surface area contributed by atoms with Crippen LogP contribution in [0.25, 0.3) is 16.3 Å². The molecule has 1 saturated heterocycles. The highest BCUT2D eigenvalue weighted by Gasteiger charge is 2.25. The number of nitrogens with one attached hydrogen (secondary N) is 1. The van der Waals surface area contributed by atoms with E-state index in [0.29, 0.717) is 13.0 Å². The van der Waals surface area contributed by atoms with Crippen molar-refractivity contribution in [1.82, 2.24) is 4.90 Å². The number of carbonyl (C=O) groups is 1. The first-order valence-corrected chi connectivity index (χ1v) is 12.5. The highest BCUT2D eigenvalue weighted by Crippen LogP contribution is 2.39. The Hall–Kier alpha value is -2.76. The summed E-state index contributed by atoms with van der Waals surface area (Å²) < 4.78 is 16.3. The van der Waals surface area contributed by atoms with Crippen molar-refractivity contribution in [1.29, 1.82) is 0 Å². The third-order valence-electron chi connectivity index (χ3n) is 6.57. The molecule has 164 valence electrons. The van der Waals surface area contributed by atoms with Crippen LogP contribution < -0.4 is 4.72 Å². The van der Waals surface area contributed by atoms with Crippen molar-refractivity contribution in [3.05, 3.63) is 77.4 Å². The van der Waals surface area contributed by atoms with Gasteiger partial charge in [0.05, 0.1) is 17.1 Å². The topological polar surface area (TPSA) is 49.4 Å². The molecule has 32 heavy (non-hydrogen) atoms. The van der Waals surface area contributed by atoms with E-state index < -0.39 is 11.0 Å². The zero-order valence-electron chi connectivity index (χ0n) is 18.4. The van der Waals surface area contributed by atoms with Gasteiger partial charge in [-0.2, -0.15) is 0 Å². The number of rotatable bonds is 7. The van der Waals surface area contributed by atoms with Crippen LogP contribution in [0.5, 0.6) is 0 Å². The van der Waals surface area contributed by atoms with E-state index in [4.69, 9.17) is 0 Å². The predicted molar refractivity (Wildman–Crippen MR) is 132 cm³/mol. The zero-order chi connectivity index (χ0) is 22.1. The lowest BCUT2D eigenvalue weighted by Gasteiger charge is -2.15. The largest absolute Gasteiger partial charge is 0.301 e. The Labute approximate surface area is 191 Å². The fourth-order valence-electron chi connectivity index (χ4n) is 4.89. The number of hydrogen-bond donors (Lipinski definition) is 1. The summed E-state index contributed by atoms with van der Waals surface area (Å²) >= 11 is 0. The molecule has 1 atom stereocenters. The van der Waals surface area contributed by atoms with Crippen molar-refractivity contribution in [2.75, 3.05) is 24.4 Å². The molecule has 1 aliphatic heterocycles. The van der Waals surface area contributed by atoms with E-state index in [9.17, 15) is 9.00 Å². The number of anilines is 1. The number of ketones is 1. The third-order valence-corrected chi connectivity index (χ3v) is 7.66. The molecule has 5 heteroatoms. The van der Waals surface area contributed by atoms with Gasteiger partial charge in [0.2, 0.25) is 0 Å². The molecule has 1 fully saturated rings. The smallest absolute Gasteiger partial charge is 0.151 e. The monoisotopic (exact) mass is 444 g/mol. The van der Waals surface area contributed by atoms with Gasteiger partial charge in [-0.05, 0) is 84.9 Å². The zero-order valence-corrected chi connectivity index (χ0v) is 19.2. The maximum absolute atomic E-state index is 13.1. The summed E-state index contributed by atoms with van der Waals surface area (Å²) in [5.41, 5.74) is 5.53. The molecular formula is C27H28N2O2S. The van der Waals surface area contributed by atoms with Gasteiger partial charge in [0.25, 0.3) is 0 Å². The second kappa shape index (κ2) is 9.00. The fraction of sp³-hybridized carbons (Fsp3) is 0.296. The lowest BCUT2D eigenvalue weighted by atomic mass is 9.99. The number of carbonyl (C=O) groups excluding carboxylic acids is 1. The van der Waals surface area contributed by atoms with Crippen molar-refractivity contribution in [2.45, 2.75) is 37.5 Å². The van der Waals surface area contributed by atoms with Crippen LogP contribution in [0.2, 0.25) is 0 Å². The first kappa shape index (κ1) is 21.1. The molecular weight excluding hydrogens is 416 g/mol. The number of allylic oxidation sites excluding steroid dienone is 2. The minimum atomic E-state index is -1.36. The summed E-state index contributed by atoms with van der Waals surface area (Å²) in [4.78, 5) is 15.7. The summed E-state index contributed by atoms with van der Waals surface area (Å²) in [7, 11) is -1.36. The van der Waals surface area contributed by atoms with Crippen molar-refractivity contribution < 1.29 is 9.00 Å². The molecule has 1 heterocycles. The van der Waals surface area contributed by atoms with Crippen molar-refractivity contribution in [3.8, 4) is 0 Å². The van der Waals surface area contributed by atoms with E-state index in [1.54, 1.807) is 0 Å². The van der Waals surface area contributed by atoms with Gasteiger partial charge in [0.1, 0.15) is 11.0 Å². The molecule has 0 aromatic heterocycles. The summed E-state index contributed by atoms with van der Waals surface area (Å²) in [5, 5.41) is 2.21. The average molecular weight is 445 g/mol. The van der Waals surface area contributed by atoms with Crippen molar-refractivity contribution in [2.24, 2.45) is 0 Å². The standard InChI is InChI=1S/C27H28N2O2S/c1-19-15-26-24(25(19)17-22(30)18-29-13-4-5-14-29)9-6-10-27(26)28-32(31)23-12-11-20-7-2-3-8-21(20)16-23/h2-3,6-12,16,28H,4-5,13-15,17-18H2,1H3. The Morgan fingerprint density at radius 2 is 1.78 bits per heavy atom. The highest BCUT2D eigenvalue weighted by atomic mass is 32.2. The number of fused-ring (bicyclic) bond motifs is 2. The molecule has 0 amide bonds. The van der Waals surface area contributed by atoms with E-state index >= 15 is 0 Å². The van der Waals surface area contributed by atoms with Crippen LogP contribution >= 0.6 is 0 Å². The fourth-order valence-corrected chi connectivity index (χ4v) is 5.82. The molecule has 3 aromatic rings. The van der Waals surface area contributed by atoms with Crippen LogP contribution in [-0.2, 0) is 22.2 Å².